The highest BCUT2D eigenvalue weighted by molar-refractivity contribution is 7.20. The van der Waals surface area contributed by atoms with Crippen LogP contribution >= 0.6 is 22.7 Å². The smallest absolute Gasteiger partial charge is 0.152 e. The molecule has 0 fully saturated rings. The van der Waals surface area contributed by atoms with Gasteiger partial charge in [-0.25, -0.2) is 9.97 Å². The summed E-state index contributed by atoms with van der Waals surface area (Å²) >= 11 is 3.30. The standard InChI is InChI=1S/C20H16N2S2/c1-2-14-8-10-16(11-9-14)18-13-24-20(22-18)19-21-17(12-23-19)15-6-4-3-5-7-15/h3-13H,2H2,1H3. The van der Waals surface area contributed by atoms with Crippen LogP contribution in [0, 0.1) is 0 Å². The summed E-state index contributed by atoms with van der Waals surface area (Å²) in [6.07, 6.45) is 1.06. The van der Waals surface area contributed by atoms with Crippen molar-refractivity contribution in [1.82, 2.24) is 9.97 Å². The van der Waals surface area contributed by atoms with E-state index in [9.17, 15) is 0 Å². The van der Waals surface area contributed by atoms with Crippen LogP contribution in [0.2, 0.25) is 0 Å². The Bertz CT molecular complexity index is 937. The molecule has 2 aromatic heterocycles. The Hall–Kier alpha value is -2.30. The van der Waals surface area contributed by atoms with Gasteiger partial charge >= 0.3 is 0 Å². The fourth-order valence-corrected chi connectivity index (χ4v) is 4.24. The van der Waals surface area contributed by atoms with E-state index < -0.39 is 0 Å². The third-order valence-corrected chi connectivity index (χ3v) is 5.75. The van der Waals surface area contributed by atoms with Crippen LogP contribution in [0.15, 0.2) is 65.4 Å². The maximum atomic E-state index is 4.78. The van der Waals surface area contributed by atoms with E-state index in [4.69, 9.17) is 9.97 Å². The molecule has 0 saturated carbocycles. The molecular formula is C20H16N2S2. The lowest BCUT2D eigenvalue weighted by Crippen LogP contribution is -1.82. The molecule has 0 N–H and O–H groups in total. The van der Waals surface area contributed by atoms with Crippen molar-refractivity contribution in [3.8, 4) is 32.5 Å². The number of benzene rings is 2. The van der Waals surface area contributed by atoms with Crippen molar-refractivity contribution in [2.24, 2.45) is 0 Å². The number of aromatic nitrogens is 2. The quantitative estimate of drug-likeness (QED) is 0.441. The van der Waals surface area contributed by atoms with Crippen LogP contribution in [0.1, 0.15) is 12.5 Å². The highest BCUT2D eigenvalue weighted by atomic mass is 32.1. The zero-order valence-corrected chi connectivity index (χ0v) is 14.9. The second kappa shape index (κ2) is 6.67. The molecule has 118 valence electrons. The van der Waals surface area contributed by atoms with Crippen molar-refractivity contribution < 1.29 is 0 Å². The average Bonchev–Trinajstić information content (AvgIpc) is 3.32. The van der Waals surface area contributed by atoms with E-state index in [-0.39, 0.29) is 0 Å². The van der Waals surface area contributed by atoms with E-state index in [1.54, 1.807) is 22.7 Å². The van der Waals surface area contributed by atoms with Gasteiger partial charge in [0, 0.05) is 21.9 Å². The topological polar surface area (TPSA) is 25.8 Å². The normalized spacial score (nSPS) is 10.9. The van der Waals surface area contributed by atoms with E-state index in [2.05, 4.69) is 54.1 Å². The summed E-state index contributed by atoms with van der Waals surface area (Å²) in [5, 5.41) is 6.17. The van der Waals surface area contributed by atoms with Gasteiger partial charge in [0.15, 0.2) is 10.0 Å². The van der Waals surface area contributed by atoms with Crippen molar-refractivity contribution >= 4 is 22.7 Å². The van der Waals surface area contributed by atoms with E-state index in [0.29, 0.717) is 0 Å². The minimum Gasteiger partial charge on any atom is -0.233 e. The maximum absolute atomic E-state index is 4.78. The molecule has 4 rings (SSSR count). The molecule has 0 unspecified atom stereocenters. The fraction of sp³-hybridized carbons (Fsp3) is 0.100. The lowest BCUT2D eigenvalue weighted by atomic mass is 10.1. The number of hydrogen-bond donors (Lipinski definition) is 0. The molecular weight excluding hydrogens is 332 g/mol. The molecule has 0 atom stereocenters. The molecule has 2 heterocycles. The maximum Gasteiger partial charge on any atom is 0.152 e. The molecule has 2 aromatic carbocycles. The fourth-order valence-electron chi connectivity index (χ4n) is 2.53. The van der Waals surface area contributed by atoms with Gasteiger partial charge in [-0.05, 0) is 12.0 Å². The first kappa shape index (κ1) is 15.2. The van der Waals surface area contributed by atoms with Crippen molar-refractivity contribution in [3.05, 3.63) is 70.9 Å². The Labute approximate surface area is 149 Å². The van der Waals surface area contributed by atoms with Gasteiger partial charge in [-0.15, -0.1) is 22.7 Å². The highest BCUT2D eigenvalue weighted by Gasteiger charge is 2.11. The van der Waals surface area contributed by atoms with Gasteiger partial charge in [-0.1, -0.05) is 61.5 Å². The van der Waals surface area contributed by atoms with Gasteiger partial charge in [0.05, 0.1) is 11.4 Å². The molecule has 24 heavy (non-hydrogen) atoms. The Morgan fingerprint density at radius 2 is 1.25 bits per heavy atom. The largest absolute Gasteiger partial charge is 0.233 e. The first-order chi connectivity index (χ1) is 11.8. The zero-order chi connectivity index (χ0) is 16.4. The molecule has 2 nitrogen and oxygen atoms in total. The van der Waals surface area contributed by atoms with E-state index in [1.165, 1.54) is 5.56 Å². The minimum atomic E-state index is 0.982. The Morgan fingerprint density at radius 1 is 0.708 bits per heavy atom. The van der Waals surface area contributed by atoms with Gasteiger partial charge in [-0.3, -0.25) is 0 Å². The van der Waals surface area contributed by atoms with Crippen molar-refractivity contribution in [2.45, 2.75) is 13.3 Å². The van der Waals surface area contributed by atoms with Crippen LogP contribution in [-0.2, 0) is 6.42 Å². The van der Waals surface area contributed by atoms with Crippen molar-refractivity contribution in [2.75, 3.05) is 0 Å². The number of nitrogens with zero attached hydrogens (tertiary/aromatic N) is 2. The second-order valence-electron chi connectivity index (χ2n) is 5.49. The molecule has 0 spiro atoms. The first-order valence-electron chi connectivity index (χ1n) is 7.89. The van der Waals surface area contributed by atoms with Crippen LogP contribution in [-0.4, -0.2) is 9.97 Å². The van der Waals surface area contributed by atoms with Crippen LogP contribution in [0.5, 0.6) is 0 Å². The lowest BCUT2D eigenvalue weighted by Gasteiger charge is -1.99. The Balaban J connectivity index is 1.62. The van der Waals surface area contributed by atoms with Crippen LogP contribution in [0.25, 0.3) is 32.5 Å². The van der Waals surface area contributed by atoms with Crippen LogP contribution in [0.3, 0.4) is 0 Å². The number of rotatable bonds is 4. The Kier molecular flexibility index (Phi) is 4.24. The van der Waals surface area contributed by atoms with Gasteiger partial charge in [0.2, 0.25) is 0 Å². The van der Waals surface area contributed by atoms with Gasteiger partial charge in [0.25, 0.3) is 0 Å². The summed E-state index contributed by atoms with van der Waals surface area (Å²) in [6.45, 7) is 2.17. The summed E-state index contributed by atoms with van der Waals surface area (Å²) in [4.78, 5) is 9.53. The molecule has 0 amide bonds. The Morgan fingerprint density at radius 3 is 1.79 bits per heavy atom. The van der Waals surface area contributed by atoms with Gasteiger partial charge in [0.1, 0.15) is 0 Å². The number of aryl methyl sites for hydroxylation is 1. The predicted octanol–water partition coefficient (Wildman–Crippen LogP) is 6.16. The predicted molar refractivity (Wildman–Crippen MR) is 103 cm³/mol. The second-order valence-corrected chi connectivity index (χ2v) is 7.21. The van der Waals surface area contributed by atoms with Crippen LogP contribution in [0.4, 0.5) is 0 Å². The average molecular weight is 348 g/mol. The third-order valence-electron chi connectivity index (χ3n) is 3.92. The van der Waals surface area contributed by atoms with Crippen molar-refractivity contribution in [1.29, 1.82) is 0 Å². The highest BCUT2D eigenvalue weighted by Crippen LogP contribution is 2.33. The summed E-state index contributed by atoms with van der Waals surface area (Å²) in [5.74, 6) is 0. The van der Waals surface area contributed by atoms with E-state index in [0.717, 1.165) is 39.0 Å². The van der Waals surface area contributed by atoms with Gasteiger partial charge < -0.3 is 0 Å². The molecule has 0 saturated heterocycles. The summed E-state index contributed by atoms with van der Waals surface area (Å²) in [6, 6.07) is 18.9. The SMILES string of the molecule is CCc1ccc(-c2csc(-c3nc(-c4ccccc4)cs3)n2)cc1. The molecule has 0 radical (unpaired) electrons. The molecule has 0 aliphatic carbocycles. The monoisotopic (exact) mass is 348 g/mol. The zero-order valence-electron chi connectivity index (χ0n) is 13.3. The third kappa shape index (κ3) is 3.03. The minimum absolute atomic E-state index is 0.982. The van der Waals surface area contributed by atoms with Gasteiger partial charge in [-0.2, -0.15) is 0 Å². The first-order valence-corrected chi connectivity index (χ1v) is 9.65. The molecule has 0 aliphatic heterocycles. The molecule has 0 aliphatic rings. The summed E-state index contributed by atoms with van der Waals surface area (Å²) in [7, 11) is 0. The molecule has 4 aromatic rings. The summed E-state index contributed by atoms with van der Waals surface area (Å²) < 4.78 is 0. The molecule has 0 bridgehead atoms. The number of hydrogen-bond acceptors (Lipinski definition) is 4. The summed E-state index contributed by atoms with van der Waals surface area (Å²) in [5.41, 5.74) is 5.69. The number of thiazole rings is 2. The van der Waals surface area contributed by atoms with E-state index >= 15 is 0 Å². The van der Waals surface area contributed by atoms with E-state index in [1.807, 2.05) is 18.2 Å². The molecule has 4 heteroatoms. The van der Waals surface area contributed by atoms with Crippen molar-refractivity contribution in [3.63, 3.8) is 0 Å². The lowest BCUT2D eigenvalue weighted by molar-refractivity contribution is 1.14. The van der Waals surface area contributed by atoms with Crippen LogP contribution < -0.4 is 0 Å².